The molecule has 0 fully saturated rings. The molecular formula is C17H11BrN2O5. The van der Waals surface area contributed by atoms with Crippen LogP contribution in [0.15, 0.2) is 56.1 Å². The SMILES string of the molecule is Cc1ccc(NC(=O)c2cc3cc(Br)ccc3oc2=O)cc1[N+](=O)[O-]. The Hall–Kier alpha value is -3.00. The molecule has 1 N–H and O–H groups in total. The largest absolute Gasteiger partial charge is 0.422 e. The Morgan fingerprint density at radius 3 is 2.68 bits per heavy atom. The van der Waals surface area contributed by atoms with Crippen molar-refractivity contribution in [3.63, 3.8) is 0 Å². The maximum Gasteiger partial charge on any atom is 0.349 e. The molecule has 0 spiro atoms. The Kier molecular flexibility index (Phi) is 4.37. The number of nitrogens with one attached hydrogen (secondary N) is 1. The van der Waals surface area contributed by atoms with E-state index in [1.54, 1.807) is 25.1 Å². The number of anilines is 1. The first kappa shape index (κ1) is 16.8. The van der Waals surface area contributed by atoms with Gasteiger partial charge < -0.3 is 9.73 Å². The van der Waals surface area contributed by atoms with Crippen LogP contribution >= 0.6 is 15.9 Å². The number of carbonyl (C=O) groups excluding carboxylic acids is 1. The minimum absolute atomic E-state index is 0.118. The molecule has 0 aliphatic heterocycles. The van der Waals surface area contributed by atoms with Gasteiger partial charge in [-0.3, -0.25) is 14.9 Å². The third-order valence-electron chi connectivity index (χ3n) is 3.60. The molecule has 25 heavy (non-hydrogen) atoms. The van der Waals surface area contributed by atoms with Crippen molar-refractivity contribution in [3.8, 4) is 0 Å². The van der Waals surface area contributed by atoms with E-state index in [9.17, 15) is 19.7 Å². The van der Waals surface area contributed by atoms with Gasteiger partial charge >= 0.3 is 5.63 Å². The number of rotatable bonds is 3. The standard InChI is InChI=1S/C17H11BrN2O5/c1-9-2-4-12(8-14(9)20(23)24)19-16(21)13-7-10-6-11(18)3-5-15(10)25-17(13)22/h2-8H,1H3,(H,19,21). The summed E-state index contributed by atoms with van der Waals surface area (Å²) in [6.07, 6.45) is 0. The van der Waals surface area contributed by atoms with Crippen LogP contribution in [0.2, 0.25) is 0 Å². The first-order chi connectivity index (χ1) is 11.8. The van der Waals surface area contributed by atoms with Gasteiger partial charge in [0.25, 0.3) is 11.6 Å². The predicted molar refractivity (Wildman–Crippen MR) is 96.0 cm³/mol. The second-order valence-electron chi connectivity index (χ2n) is 5.34. The first-order valence-electron chi connectivity index (χ1n) is 7.15. The third-order valence-corrected chi connectivity index (χ3v) is 4.10. The van der Waals surface area contributed by atoms with E-state index in [1.807, 2.05) is 0 Å². The molecule has 3 aromatic rings. The molecule has 1 heterocycles. The summed E-state index contributed by atoms with van der Waals surface area (Å²) in [5.41, 5.74) is -0.0418. The number of nitro groups is 1. The lowest BCUT2D eigenvalue weighted by atomic mass is 10.1. The zero-order valence-electron chi connectivity index (χ0n) is 12.9. The molecular weight excluding hydrogens is 392 g/mol. The van der Waals surface area contributed by atoms with Crippen molar-refractivity contribution in [2.75, 3.05) is 5.32 Å². The monoisotopic (exact) mass is 402 g/mol. The Morgan fingerprint density at radius 1 is 1.20 bits per heavy atom. The fourth-order valence-electron chi connectivity index (χ4n) is 2.33. The van der Waals surface area contributed by atoms with Crippen LogP contribution in [-0.2, 0) is 0 Å². The summed E-state index contributed by atoms with van der Waals surface area (Å²) in [5.74, 6) is -0.700. The molecule has 1 aromatic heterocycles. The Morgan fingerprint density at radius 2 is 1.96 bits per heavy atom. The lowest BCUT2D eigenvalue weighted by molar-refractivity contribution is -0.385. The average molecular weight is 403 g/mol. The summed E-state index contributed by atoms with van der Waals surface area (Å²) < 4.78 is 5.91. The molecule has 8 heteroatoms. The Balaban J connectivity index is 1.97. The van der Waals surface area contributed by atoms with Crippen molar-refractivity contribution in [2.24, 2.45) is 0 Å². The smallest absolute Gasteiger partial charge is 0.349 e. The van der Waals surface area contributed by atoms with Crippen LogP contribution < -0.4 is 10.9 Å². The lowest BCUT2D eigenvalue weighted by Gasteiger charge is -2.06. The van der Waals surface area contributed by atoms with E-state index >= 15 is 0 Å². The van der Waals surface area contributed by atoms with E-state index in [0.29, 0.717) is 16.5 Å². The predicted octanol–water partition coefficient (Wildman–Crippen LogP) is 4.02. The van der Waals surface area contributed by atoms with Gasteiger partial charge in [0.05, 0.1) is 4.92 Å². The van der Waals surface area contributed by atoms with Crippen LogP contribution in [0.5, 0.6) is 0 Å². The number of fused-ring (bicyclic) bond motifs is 1. The van der Waals surface area contributed by atoms with Crippen molar-refractivity contribution >= 4 is 44.2 Å². The van der Waals surface area contributed by atoms with Crippen molar-refractivity contribution in [3.05, 3.63) is 78.6 Å². The fraction of sp³-hybridized carbons (Fsp3) is 0.0588. The summed E-state index contributed by atoms with van der Waals surface area (Å²) in [6.45, 7) is 1.60. The van der Waals surface area contributed by atoms with Gasteiger partial charge in [0, 0.05) is 27.2 Å². The Labute approximate surface area is 149 Å². The van der Waals surface area contributed by atoms with Crippen LogP contribution in [0.3, 0.4) is 0 Å². The molecule has 0 unspecified atom stereocenters. The Bertz CT molecular complexity index is 1070. The summed E-state index contributed by atoms with van der Waals surface area (Å²) >= 11 is 3.31. The number of nitro benzene ring substituents is 1. The quantitative estimate of drug-likeness (QED) is 0.404. The highest BCUT2D eigenvalue weighted by Gasteiger charge is 2.16. The summed E-state index contributed by atoms with van der Waals surface area (Å²) in [4.78, 5) is 34.9. The van der Waals surface area contributed by atoms with Crippen LogP contribution in [0.4, 0.5) is 11.4 Å². The number of hydrogen-bond acceptors (Lipinski definition) is 5. The van der Waals surface area contributed by atoms with Gasteiger partial charge in [-0.2, -0.15) is 0 Å². The molecule has 0 aliphatic carbocycles. The van der Waals surface area contributed by atoms with Crippen LogP contribution in [0.25, 0.3) is 11.0 Å². The number of amides is 1. The second kappa shape index (κ2) is 6.48. The summed E-state index contributed by atoms with van der Waals surface area (Å²) in [7, 11) is 0. The summed E-state index contributed by atoms with van der Waals surface area (Å²) in [5, 5.41) is 14.0. The lowest BCUT2D eigenvalue weighted by Crippen LogP contribution is -2.20. The molecule has 7 nitrogen and oxygen atoms in total. The van der Waals surface area contributed by atoms with E-state index < -0.39 is 16.5 Å². The van der Waals surface area contributed by atoms with Gasteiger partial charge in [-0.15, -0.1) is 0 Å². The minimum Gasteiger partial charge on any atom is -0.422 e. The third kappa shape index (κ3) is 3.43. The zero-order chi connectivity index (χ0) is 18.1. The number of benzene rings is 2. The zero-order valence-corrected chi connectivity index (χ0v) is 14.5. The molecule has 0 aliphatic rings. The van der Waals surface area contributed by atoms with Crippen LogP contribution in [0, 0.1) is 17.0 Å². The molecule has 0 atom stereocenters. The number of aryl methyl sites for hydroxylation is 1. The van der Waals surface area contributed by atoms with Crippen LogP contribution in [0.1, 0.15) is 15.9 Å². The van der Waals surface area contributed by atoms with Crippen molar-refractivity contribution < 1.29 is 14.1 Å². The van der Waals surface area contributed by atoms with E-state index in [2.05, 4.69) is 21.2 Å². The molecule has 0 saturated carbocycles. The molecule has 0 bridgehead atoms. The number of nitrogens with zero attached hydrogens (tertiary/aromatic N) is 1. The molecule has 0 saturated heterocycles. The van der Waals surface area contributed by atoms with Gasteiger partial charge in [-0.25, -0.2) is 4.79 Å². The number of carbonyl (C=O) groups is 1. The average Bonchev–Trinajstić information content (AvgIpc) is 2.56. The number of hydrogen-bond donors (Lipinski definition) is 1. The van der Waals surface area contributed by atoms with Gasteiger partial charge in [0.2, 0.25) is 0 Å². The van der Waals surface area contributed by atoms with E-state index in [1.165, 1.54) is 24.3 Å². The maximum atomic E-state index is 12.4. The van der Waals surface area contributed by atoms with Gasteiger partial charge in [-0.1, -0.05) is 22.0 Å². The molecule has 126 valence electrons. The van der Waals surface area contributed by atoms with E-state index in [4.69, 9.17) is 4.42 Å². The van der Waals surface area contributed by atoms with Crippen molar-refractivity contribution in [2.45, 2.75) is 6.92 Å². The van der Waals surface area contributed by atoms with Gasteiger partial charge in [0.1, 0.15) is 11.1 Å². The molecule has 2 aromatic carbocycles. The molecule has 3 rings (SSSR count). The first-order valence-corrected chi connectivity index (χ1v) is 7.94. The van der Waals surface area contributed by atoms with Crippen molar-refractivity contribution in [1.29, 1.82) is 0 Å². The highest BCUT2D eigenvalue weighted by molar-refractivity contribution is 9.10. The van der Waals surface area contributed by atoms with E-state index in [-0.39, 0.29) is 16.9 Å². The van der Waals surface area contributed by atoms with Crippen molar-refractivity contribution in [1.82, 2.24) is 0 Å². The number of halogens is 1. The fourth-order valence-corrected chi connectivity index (χ4v) is 2.71. The molecule has 0 radical (unpaired) electrons. The highest BCUT2D eigenvalue weighted by Crippen LogP contribution is 2.23. The maximum absolute atomic E-state index is 12.4. The highest BCUT2D eigenvalue weighted by atomic mass is 79.9. The van der Waals surface area contributed by atoms with Crippen LogP contribution in [-0.4, -0.2) is 10.8 Å². The van der Waals surface area contributed by atoms with Gasteiger partial charge in [0.15, 0.2) is 0 Å². The normalized spacial score (nSPS) is 10.6. The summed E-state index contributed by atoms with van der Waals surface area (Å²) in [6, 6.07) is 10.8. The molecule has 1 amide bonds. The van der Waals surface area contributed by atoms with E-state index in [0.717, 1.165) is 4.47 Å². The minimum atomic E-state index is -0.783. The second-order valence-corrected chi connectivity index (χ2v) is 6.26. The topological polar surface area (TPSA) is 102 Å². The van der Waals surface area contributed by atoms with Gasteiger partial charge in [-0.05, 0) is 37.3 Å².